The molecule has 0 unspecified atom stereocenters. The van der Waals surface area contributed by atoms with Crippen molar-refractivity contribution >= 4 is 17.6 Å². The topological polar surface area (TPSA) is 76.1 Å². The monoisotopic (exact) mass is 505 g/mol. The SMILES string of the molecule is COc1ccc(C(=O)N2CCc3c2cc(C)c([C@H](OC(C)(C)C)C(=O)O)c3-c2ccc(C)cc2)cc1F. The second-order valence-corrected chi connectivity index (χ2v) is 10.4. The minimum atomic E-state index is -1.19. The standard InChI is InChI=1S/C30H32FNO5/c1-17-7-9-19(10-8-17)26-21-13-14-32(28(33)20-11-12-24(36-6)22(31)16-20)23(21)15-18(2)25(26)27(29(34)35)37-30(3,4)5/h7-12,15-16,27H,13-14H2,1-6H3,(H,34,35)/t27-/m0/s1. The maximum absolute atomic E-state index is 14.4. The van der Waals surface area contributed by atoms with Gasteiger partial charge in [0.1, 0.15) is 0 Å². The summed E-state index contributed by atoms with van der Waals surface area (Å²) < 4.78 is 25.4. The number of aryl methyl sites for hydroxylation is 2. The van der Waals surface area contributed by atoms with Crippen LogP contribution in [-0.4, -0.2) is 36.2 Å². The van der Waals surface area contributed by atoms with Gasteiger partial charge < -0.3 is 19.5 Å². The molecule has 3 aromatic carbocycles. The van der Waals surface area contributed by atoms with E-state index in [1.54, 1.807) is 11.0 Å². The molecule has 0 saturated carbocycles. The largest absolute Gasteiger partial charge is 0.494 e. The molecular formula is C30H32FNO5. The number of methoxy groups -OCH3 is 1. The van der Waals surface area contributed by atoms with Crippen molar-refractivity contribution in [3.05, 3.63) is 82.2 Å². The Morgan fingerprint density at radius 3 is 2.30 bits per heavy atom. The van der Waals surface area contributed by atoms with Crippen molar-refractivity contribution < 1.29 is 28.6 Å². The molecule has 0 bridgehead atoms. The molecule has 1 aliphatic heterocycles. The van der Waals surface area contributed by atoms with Crippen LogP contribution in [0, 0.1) is 19.7 Å². The Morgan fingerprint density at radius 1 is 1.05 bits per heavy atom. The van der Waals surface area contributed by atoms with Crippen LogP contribution >= 0.6 is 0 Å². The van der Waals surface area contributed by atoms with Gasteiger partial charge in [0.25, 0.3) is 5.91 Å². The van der Waals surface area contributed by atoms with Crippen molar-refractivity contribution in [1.82, 2.24) is 0 Å². The number of ether oxygens (including phenoxy) is 2. The zero-order valence-corrected chi connectivity index (χ0v) is 22.0. The molecule has 1 aliphatic rings. The number of amides is 1. The molecule has 1 amide bonds. The molecule has 7 heteroatoms. The molecule has 0 fully saturated rings. The Balaban J connectivity index is 1.90. The first-order valence-electron chi connectivity index (χ1n) is 12.2. The van der Waals surface area contributed by atoms with E-state index in [0.717, 1.165) is 22.3 Å². The Labute approximate surface area is 216 Å². The van der Waals surface area contributed by atoms with Crippen LogP contribution in [0.4, 0.5) is 10.1 Å². The molecule has 194 valence electrons. The van der Waals surface area contributed by atoms with Crippen molar-refractivity contribution in [2.75, 3.05) is 18.6 Å². The quantitative estimate of drug-likeness (QED) is 0.428. The number of rotatable bonds is 6. The maximum atomic E-state index is 14.4. The van der Waals surface area contributed by atoms with E-state index in [9.17, 15) is 19.1 Å². The molecule has 0 radical (unpaired) electrons. The molecule has 1 heterocycles. The van der Waals surface area contributed by atoms with E-state index in [1.165, 1.54) is 19.2 Å². The summed E-state index contributed by atoms with van der Waals surface area (Å²) in [5.41, 5.74) is 5.06. The first kappa shape index (κ1) is 26.4. The zero-order chi connectivity index (χ0) is 27.1. The van der Waals surface area contributed by atoms with Gasteiger partial charge >= 0.3 is 5.97 Å². The number of carbonyl (C=O) groups is 2. The molecule has 37 heavy (non-hydrogen) atoms. The first-order chi connectivity index (χ1) is 17.4. The predicted molar refractivity (Wildman–Crippen MR) is 141 cm³/mol. The van der Waals surface area contributed by atoms with Gasteiger partial charge in [0, 0.05) is 23.4 Å². The van der Waals surface area contributed by atoms with E-state index < -0.39 is 23.5 Å². The number of benzene rings is 3. The molecule has 0 saturated heterocycles. The van der Waals surface area contributed by atoms with Crippen LogP contribution in [0.25, 0.3) is 11.1 Å². The number of anilines is 1. The number of carbonyl (C=O) groups excluding carboxylic acids is 1. The third kappa shape index (κ3) is 5.23. The van der Waals surface area contributed by atoms with Crippen LogP contribution in [-0.2, 0) is 16.0 Å². The maximum Gasteiger partial charge on any atom is 0.337 e. The van der Waals surface area contributed by atoms with Crippen LogP contribution in [0.3, 0.4) is 0 Å². The number of nitrogens with zero attached hydrogens (tertiary/aromatic N) is 1. The molecule has 6 nitrogen and oxygen atoms in total. The van der Waals surface area contributed by atoms with Crippen LogP contribution < -0.4 is 9.64 Å². The highest BCUT2D eigenvalue weighted by Gasteiger charge is 2.36. The molecular weight excluding hydrogens is 473 g/mol. The predicted octanol–water partition coefficient (Wildman–Crippen LogP) is 6.26. The van der Waals surface area contributed by atoms with Gasteiger partial charge in [-0.25, -0.2) is 9.18 Å². The average molecular weight is 506 g/mol. The van der Waals surface area contributed by atoms with Gasteiger partial charge in [-0.2, -0.15) is 0 Å². The van der Waals surface area contributed by atoms with Crippen molar-refractivity contribution in [2.45, 2.75) is 52.7 Å². The fourth-order valence-corrected chi connectivity index (χ4v) is 4.84. The smallest absolute Gasteiger partial charge is 0.337 e. The Bertz CT molecular complexity index is 1360. The summed E-state index contributed by atoms with van der Waals surface area (Å²) in [6.45, 7) is 9.69. The van der Waals surface area contributed by atoms with Gasteiger partial charge in [0.15, 0.2) is 17.7 Å². The molecule has 0 spiro atoms. The minimum absolute atomic E-state index is 0.0686. The first-order valence-corrected chi connectivity index (χ1v) is 12.2. The average Bonchev–Trinajstić information content (AvgIpc) is 3.24. The second-order valence-electron chi connectivity index (χ2n) is 10.4. The minimum Gasteiger partial charge on any atom is -0.494 e. The molecule has 0 aromatic heterocycles. The van der Waals surface area contributed by atoms with Gasteiger partial charge in [-0.15, -0.1) is 0 Å². The lowest BCUT2D eigenvalue weighted by molar-refractivity contribution is -0.160. The van der Waals surface area contributed by atoms with E-state index in [4.69, 9.17) is 9.47 Å². The highest BCUT2D eigenvalue weighted by atomic mass is 19.1. The molecule has 1 atom stereocenters. The van der Waals surface area contributed by atoms with Crippen LogP contribution in [0.15, 0.2) is 48.5 Å². The summed E-state index contributed by atoms with van der Waals surface area (Å²) in [5, 5.41) is 10.2. The van der Waals surface area contributed by atoms with Crippen LogP contribution in [0.1, 0.15) is 59.5 Å². The molecule has 4 rings (SSSR count). The highest BCUT2D eigenvalue weighted by Crippen LogP contribution is 2.45. The summed E-state index contributed by atoms with van der Waals surface area (Å²) >= 11 is 0. The van der Waals surface area contributed by atoms with E-state index >= 15 is 0 Å². The van der Waals surface area contributed by atoms with Crippen molar-refractivity contribution in [3.8, 4) is 16.9 Å². The summed E-state index contributed by atoms with van der Waals surface area (Å²) in [7, 11) is 1.37. The van der Waals surface area contributed by atoms with Crippen molar-refractivity contribution in [1.29, 1.82) is 0 Å². The van der Waals surface area contributed by atoms with Gasteiger partial charge in [-0.05, 0) is 87.6 Å². The number of aliphatic carboxylic acids is 1. The number of hydrogen-bond acceptors (Lipinski definition) is 4. The molecule has 3 aromatic rings. The Morgan fingerprint density at radius 2 is 1.73 bits per heavy atom. The van der Waals surface area contributed by atoms with E-state index in [1.807, 2.05) is 65.0 Å². The fraction of sp³-hybridized carbons (Fsp3) is 0.333. The zero-order valence-electron chi connectivity index (χ0n) is 22.0. The lowest BCUT2D eigenvalue weighted by atomic mass is 9.86. The Hall–Kier alpha value is -3.71. The van der Waals surface area contributed by atoms with Crippen LogP contribution in [0.2, 0.25) is 0 Å². The third-order valence-corrected chi connectivity index (χ3v) is 6.48. The van der Waals surface area contributed by atoms with Gasteiger partial charge in [-0.1, -0.05) is 29.8 Å². The summed E-state index contributed by atoms with van der Waals surface area (Å²) in [5.74, 6) is -1.95. The molecule has 1 N–H and O–H groups in total. The van der Waals surface area contributed by atoms with E-state index in [-0.39, 0.29) is 17.2 Å². The van der Waals surface area contributed by atoms with E-state index in [0.29, 0.717) is 29.8 Å². The van der Waals surface area contributed by atoms with Crippen molar-refractivity contribution in [2.24, 2.45) is 0 Å². The highest BCUT2D eigenvalue weighted by molar-refractivity contribution is 6.08. The number of fused-ring (bicyclic) bond motifs is 1. The Kier molecular flexibility index (Phi) is 7.11. The fourth-order valence-electron chi connectivity index (χ4n) is 4.84. The van der Waals surface area contributed by atoms with Crippen LogP contribution in [0.5, 0.6) is 5.75 Å². The second kappa shape index (κ2) is 9.98. The molecule has 0 aliphatic carbocycles. The normalized spacial score (nSPS) is 13.9. The van der Waals surface area contributed by atoms with Gasteiger partial charge in [0.2, 0.25) is 0 Å². The third-order valence-electron chi connectivity index (χ3n) is 6.48. The van der Waals surface area contributed by atoms with E-state index in [2.05, 4.69) is 0 Å². The number of carboxylic acids is 1. The van der Waals surface area contributed by atoms with Gasteiger partial charge in [-0.3, -0.25) is 4.79 Å². The number of carboxylic acid groups (broad SMARTS) is 1. The lowest BCUT2D eigenvalue weighted by Gasteiger charge is -2.29. The lowest BCUT2D eigenvalue weighted by Crippen LogP contribution is -2.29. The number of hydrogen-bond donors (Lipinski definition) is 1. The number of halogens is 1. The summed E-state index contributed by atoms with van der Waals surface area (Å²) in [6.07, 6.45) is -0.667. The van der Waals surface area contributed by atoms with Crippen molar-refractivity contribution in [3.63, 3.8) is 0 Å². The van der Waals surface area contributed by atoms with Gasteiger partial charge in [0.05, 0.1) is 12.7 Å². The summed E-state index contributed by atoms with van der Waals surface area (Å²) in [6, 6.07) is 13.9. The summed E-state index contributed by atoms with van der Waals surface area (Å²) in [4.78, 5) is 27.6.